The lowest BCUT2D eigenvalue weighted by atomic mass is 9.88. The van der Waals surface area contributed by atoms with Crippen LogP contribution in [0.15, 0.2) is 47.4 Å². The monoisotopic (exact) mass is 283 g/mol. The molecule has 0 radical (unpaired) electrons. The standard InChI is InChI=1S/C18H21NS/c1-20-17-10-8-14(9-11-17)18(19)16-7-6-13-4-2-3-5-15(13)12-16/h6-12,18H,2-5,19H2,1H3. The maximum atomic E-state index is 6.43. The van der Waals surface area contributed by atoms with Crippen LogP contribution in [0.1, 0.15) is 41.1 Å². The zero-order valence-corrected chi connectivity index (χ0v) is 12.7. The molecule has 1 unspecified atom stereocenters. The Kier molecular flexibility index (Phi) is 4.13. The smallest absolute Gasteiger partial charge is 0.0551 e. The fraction of sp³-hybridized carbons (Fsp3) is 0.333. The lowest BCUT2D eigenvalue weighted by molar-refractivity contribution is 0.682. The molecule has 0 saturated heterocycles. The van der Waals surface area contributed by atoms with Crippen molar-refractivity contribution in [3.05, 3.63) is 64.7 Å². The first-order valence-electron chi connectivity index (χ1n) is 7.29. The maximum Gasteiger partial charge on any atom is 0.0551 e. The fourth-order valence-electron chi connectivity index (χ4n) is 2.95. The van der Waals surface area contributed by atoms with E-state index in [1.165, 1.54) is 52.8 Å². The number of nitrogens with two attached hydrogens (primary N) is 1. The molecule has 1 atom stereocenters. The van der Waals surface area contributed by atoms with Crippen LogP contribution in [0.5, 0.6) is 0 Å². The number of rotatable bonds is 3. The van der Waals surface area contributed by atoms with E-state index in [0.717, 1.165) is 0 Å². The number of hydrogen-bond acceptors (Lipinski definition) is 2. The van der Waals surface area contributed by atoms with Crippen LogP contribution in [0.2, 0.25) is 0 Å². The second-order valence-electron chi connectivity index (χ2n) is 5.49. The molecule has 0 saturated carbocycles. The molecular formula is C18H21NS. The van der Waals surface area contributed by atoms with Gasteiger partial charge in [0.25, 0.3) is 0 Å². The molecular weight excluding hydrogens is 262 g/mol. The first kappa shape index (κ1) is 13.7. The van der Waals surface area contributed by atoms with Gasteiger partial charge in [-0.15, -0.1) is 11.8 Å². The Balaban J connectivity index is 1.87. The molecule has 1 aliphatic rings. The third-order valence-corrected chi connectivity index (χ3v) is 4.95. The summed E-state index contributed by atoms with van der Waals surface area (Å²) in [6.07, 6.45) is 7.18. The average Bonchev–Trinajstić information content (AvgIpc) is 2.54. The Hall–Kier alpha value is -1.25. The van der Waals surface area contributed by atoms with Crippen molar-refractivity contribution < 1.29 is 0 Å². The van der Waals surface area contributed by atoms with Crippen LogP contribution in [0.25, 0.3) is 0 Å². The van der Waals surface area contributed by atoms with Crippen LogP contribution >= 0.6 is 11.8 Å². The molecule has 104 valence electrons. The van der Waals surface area contributed by atoms with Crippen molar-refractivity contribution in [3.63, 3.8) is 0 Å². The van der Waals surface area contributed by atoms with Crippen LogP contribution in [0, 0.1) is 0 Å². The first-order valence-corrected chi connectivity index (χ1v) is 8.51. The van der Waals surface area contributed by atoms with E-state index < -0.39 is 0 Å². The van der Waals surface area contributed by atoms with Crippen molar-refractivity contribution in [2.24, 2.45) is 5.73 Å². The molecule has 0 bridgehead atoms. The van der Waals surface area contributed by atoms with E-state index in [4.69, 9.17) is 5.73 Å². The summed E-state index contributed by atoms with van der Waals surface area (Å²) >= 11 is 1.76. The predicted octanol–water partition coefficient (Wildman–Crippen LogP) is 4.34. The van der Waals surface area contributed by atoms with Gasteiger partial charge in [0.15, 0.2) is 0 Å². The molecule has 0 amide bonds. The molecule has 1 nitrogen and oxygen atoms in total. The zero-order valence-electron chi connectivity index (χ0n) is 11.9. The summed E-state index contributed by atoms with van der Waals surface area (Å²) in [6.45, 7) is 0. The molecule has 2 heteroatoms. The SMILES string of the molecule is CSc1ccc(C(N)c2ccc3c(c2)CCCC3)cc1. The van der Waals surface area contributed by atoms with Gasteiger partial charge >= 0.3 is 0 Å². The van der Waals surface area contributed by atoms with Crippen molar-refractivity contribution in [2.75, 3.05) is 6.26 Å². The molecule has 0 fully saturated rings. The summed E-state index contributed by atoms with van der Waals surface area (Å²) in [7, 11) is 0. The van der Waals surface area contributed by atoms with E-state index >= 15 is 0 Å². The van der Waals surface area contributed by atoms with Gasteiger partial charge in [-0.2, -0.15) is 0 Å². The topological polar surface area (TPSA) is 26.0 Å². The highest BCUT2D eigenvalue weighted by molar-refractivity contribution is 7.98. The highest BCUT2D eigenvalue weighted by atomic mass is 32.2. The van der Waals surface area contributed by atoms with Crippen LogP contribution in [0.4, 0.5) is 0 Å². The summed E-state index contributed by atoms with van der Waals surface area (Å²) in [5, 5.41) is 0. The van der Waals surface area contributed by atoms with Gasteiger partial charge < -0.3 is 5.73 Å². The van der Waals surface area contributed by atoms with Gasteiger partial charge in [0, 0.05) is 4.90 Å². The Morgan fingerprint density at radius 3 is 2.25 bits per heavy atom. The average molecular weight is 283 g/mol. The molecule has 0 aliphatic heterocycles. The number of benzene rings is 2. The van der Waals surface area contributed by atoms with E-state index in [0.29, 0.717) is 0 Å². The summed E-state index contributed by atoms with van der Waals surface area (Å²) in [4.78, 5) is 1.28. The minimum Gasteiger partial charge on any atom is -0.320 e. The molecule has 0 aromatic heterocycles. The summed E-state index contributed by atoms with van der Waals surface area (Å²) in [5.41, 5.74) is 11.9. The Morgan fingerprint density at radius 1 is 0.900 bits per heavy atom. The largest absolute Gasteiger partial charge is 0.320 e. The number of thioether (sulfide) groups is 1. The molecule has 2 aromatic carbocycles. The van der Waals surface area contributed by atoms with E-state index in [1.807, 2.05) is 0 Å². The quantitative estimate of drug-likeness (QED) is 0.848. The van der Waals surface area contributed by atoms with Crippen molar-refractivity contribution in [1.29, 1.82) is 0 Å². The third kappa shape index (κ3) is 2.77. The van der Waals surface area contributed by atoms with Gasteiger partial charge in [0.2, 0.25) is 0 Å². The van der Waals surface area contributed by atoms with Gasteiger partial charge in [0.1, 0.15) is 0 Å². The summed E-state index contributed by atoms with van der Waals surface area (Å²) < 4.78 is 0. The van der Waals surface area contributed by atoms with E-state index in [-0.39, 0.29) is 6.04 Å². The zero-order chi connectivity index (χ0) is 13.9. The maximum absolute atomic E-state index is 6.43. The third-order valence-electron chi connectivity index (χ3n) is 4.21. The summed E-state index contributed by atoms with van der Waals surface area (Å²) in [6, 6.07) is 15.4. The van der Waals surface area contributed by atoms with Crippen LogP contribution < -0.4 is 5.73 Å². The molecule has 2 aromatic rings. The summed E-state index contributed by atoms with van der Waals surface area (Å²) in [5.74, 6) is 0. The number of aryl methyl sites for hydroxylation is 2. The van der Waals surface area contributed by atoms with Crippen LogP contribution in [-0.4, -0.2) is 6.26 Å². The highest BCUT2D eigenvalue weighted by Gasteiger charge is 2.13. The molecule has 2 N–H and O–H groups in total. The van der Waals surface area contributed by atoms with Crippen molar-refractivity contribution >= 4 is 11.8 Å². The Morgan fingerprint density at radius 2 is 1.55 bits per heavy atom. The lowest BCUT2D eigenvalue weighted by Gasteiger charge is -2.19. The van der Waals surface area contributed by atoms with E-state index in [1.54, 1.807) is 11.8 Å². The fourth-order valence-corrected chi connectivity index (χ4v) is 3.36. The lowest BCUT2D eigenvalue weighted by Crippen LogP contribution is -2.13. The Bertz CT molecular complexity index is 589. The molecule has 20 heavy (non-hydrogen) atoms. The van der Waals surface area contributed by atoms with Gasteiger partial charge in [-0.1, -0.05) is 30.3 Å². The van der Waals surface area contributed by atoms with Crippen LogP contribution in [-0.2, 0) is 12.8 Å². The molecule has 0 spiro atoms. The van der Waals surface area contributed by atoms with E-state index in [9.17, 15) is 0 Å². The molecule has 0 heterocycles. The van der Waals surface area contributed by atoms with Crippen LogP contribution in [0.3, 0.4) is 0 Å². The molecule has 3 rings (SSSR count). The minimum atomic E-state index is -0.0156. The second kappa shape index (κ2) is 6.02. The van der Waals surface area contributed by atoms with Gasteiger partial charge in [0.05, 0.1) is 6.04 Å². The van der Waals surface area contributed by atoms with Crippen molar-refractivity contribution in [2.45, 2.75) is 36.6 Å². The van der Waals surface area contributed by atoms with Gasteiger partial charge in [-0.05, 0) is 66.3 Å². The highest BCUT2D eigenvalue weighted by Crippen LogP contribution is 2.27. The number of hydrogen-bond donors (Lipinski definition) is 1. The minimum absolute atomic E-state index is 0.0156. The first-order chi connectivity index (χ1) is 9.78. The van der Waals surface area contributed by atoms with E-state index in [2.05, 4.69) is 48.7 Å². The van der Waals surface area contributed by atoms with Gasteiger partial charge in [-0.3, -0.25) is 0 Å². The van der Waals surface area contributed by atoms with Gasteiger partial charge in [-0.25, -0.2) is 0 Å². The second-order valence-corrected chi connectivity index (χ2v) is 6.37. The Labute approximate surface area is 125 Å². The predicted molar refractivity (Wildman–Crippen MR) is 87.3 cm³/mol. The normalized spacial score (nSPS) is 15.7. The molecule has 1 aliphatic carbocycles. The van der Waals surface area contributed by atoms with Crippen molar-refractivity contribution in [3.8, 4) is 0 Å². The number of fused-ring (bicyclic) bond motifs is 1. The van der Waals surface area contributed by atoms with Crippen molar-refractivity contribution in [1.82, 2.24) is 0 Å².